The van der Waals surface area contributed by atoms with Crippen molar-refractivity contribution in [2.75, 3.05) is 18.4 Å². The first-order valence-electron chi connectivity index (χ1n) is 9.84. The van der Waals surface area contributed by atoms with Crippen LogP contribution in [0.5, 0.6) is 0 Å². The highest BCUT2D eigenvalue weighted by molar-refractivity contribution is 7.89. The molecule has 2 heterocycles. The number of nitrogens with one attached hydrogen (secondary N) is 1. The van der Waals surface area contributed by atoms with Gasteiger partial charge in [-0.1, -0.05) is 19.9 Å². The number of aryl methyl sites for hydroxylation is 2. The van der Waals surface area contributed by atoms with Crippen molar-refractivity contribution in [3.8, 4) is 0 Å². The summed E-state index contributed by atoms with van der Waals surface area (Å²) in [4.78, 5) is 15.1. The Morgan fingerprint density at radius 1 is 1.16 bits per heavy atom. The number of nitro benzene ring substituents is 1. The highest BCUT2D eigenvalue weighted by Crippen LogP contribution is 2.30. The van der Waals surface area contributed by atoms with Crippen LogP contribution in [-0.2, 0) is 23.0 Å². The number of nitro groups is 1. The number of benzene rings is 1. The Hall–Kier alpha value is -3.31. The molecule has 164 valence electrons. The first-order valence-corrected chi connectivity index (χ1v) is 11.3. The van der Waals surface area contributed by atoms with Gasteiger partial charge in [0.05, 0.1) is 9.82 Å². The van der Waals surface area contributed by atoms with Crippen molar-refractivity contribution in [1.82, 2.24) is 19.1 Å². The molecular formula is C20H24N6O4S. The molecule has 11 heteroatoms. The van der Waals surface area contributed by atoms with E-state index < -0.39 is 14.9 Å². The molecule has 0 fully saturated rings. The molecule has 3 rings (SSSR count). The Kier molecular flexibility index (Phi) is 6.98. The van der Waals surface area contributed by atoms with Gasteiger partial charge in [0.2, 0.25) is 10.0 Å². The van der Waals surface area contributed by atoms with E-state index in [2.05, 4.69) is 15.4 Å². The lowest BCUT2D eigenvalue weighted by atomic mass is 10.2. The molecule has 1 N–H and O–H groups in total. The summed E-state index contributed by atoms with van der Waals surface area (Å²) >= 11 is 0. The Morgan fingerprint density at radius 3 is 2.58 bits per heavy atom. The summed E-state index contributed by atoms with van der Waals surface area (Å²) in [5.41, 5.74) is 0.767. The Bertz CT molecular complexity index is 1140. The van der Waals surface area contributed by atoms with E-state index in [1.54, 1.807) is 37.0 Å². The second-order valence-corrected chi connectivity index (χ2v) is 8.62. The standard InChI is InChI=1S/C20H24N6O4S/c1-3-25(4-2)31(29,30)17-8-9-18(19(15-17)26(27)28)22-20-11-14-24(23-20)13-10-16-7-5-6-12-21-16/h5-9,11-12,14-15H,3-4,10,13H2,1-2H3,(H,22,23). The van der Waals surface area contributed by atoms with Gasteiger partial charge in [-0.15, -0.1) is 0 Å². The van der Waals surface area contributed by atoms with Gasteiger partial charge in [-0.05, 0) is 24.3 Å². The molecule has 0 amide bonds. The maximum absolute atomic E-state index is 12.7. The third-order valence-corrected chi connectivity index (χ3v) is 6.78. The second kappa shape index (κ2) is 9.67. The highest BCUT2D eigenvalue weighted by Gasteiger charge is 2.26. The van der Waals surface area contributed by atoms with Crippen LogP contribution in [-0.4, -0.2) is 45.5 Å². The van der Waals surface area contributed by atoms with Crippen LogP contribution in [0, 0.1) is 10.1 Å². The Balaban J connectivity index is 1.79. The van der Waals surface area contributed by atoms with Gasteiger partial charge in [0, 0.05) is 56.3 Å². The van der Waals surface area contributed by atoms with Crippen LogP contribution in [0.3, 0.4) is 0 Å². The molecule has 0 spiro atoms. The molecule has 0 saturated carbocycles. The van der Waals surface area contributed by atoms with Crippen LogP contribution in [0.1, 0.15) is 19.5 Å². The van der Waals surface area contributed by atoms with E-state index in [1.165, 1.54) is 16.4 Å². The molecule has 0 aliphatic rings. The molecule has 3 aromatic rings. The minimum Gasteiger partial charge on any atom is -0.333 e. The van der Waals surface area contributed by atoms with Gasteiger partial charge in [0.1, 0.15) is 5.69 Å². The van der Waals surface area contributed by atoms with E-state index in [0.717, 1.165) is 11.8 Å². The molecule has 0 unspecified atom stereocenters. The first kappa shape index (κ1) is 22.4. The summed E-state index contributed by atoms with van der Waals surface area (Å²) in [6.07, 6.45) is 4.19. The highest BCUT2D eigenvalue weighted by atomic mass is 32.2. The van der Waals surface area contributed by atoms with Crippen LogP contribution in [0.2, 0.25) is 0 Å². The number of pyridine rings is 1. The van der Waals surface area contributed by atoms with Crippen molar-refractivity contribution in [2.24, 2.45) is 0 Å². The minimum absolute atomic E-state index is 0.116. The average molecular weight is 445 g/mol. The van der Waals surface area contributed by atoms with Gasteiger partial charge < -0.3 is 5.32 Å². The molecule has 0 saturated heterocycles. The lowest BCUT2D eigenvalue weighted by Crippen LogP contribution is -2.30. The van der Waals surface area contributed by atoms with E-state index in [1.807, 2.05) is 18.2 Å². The summed E-state index contributed by atoms with van der Waals surface area (Å²) in [7, 11) is -3.80. The number of hydrogen-bond donors (Lipinski definition) is 1. The fourth-order valence-electron chi connectivity index (χ4n) is 3.11. The van der Waals surface area contributed by atoms with Crippen molar-refractivity contribution >= 4 is 27.2 Å². The normalized spacial score (nSPS) is 11.6. The SMILES string of the molecule is CCN(CC)S(=O)(=O)c1ccc(Nc2ccn(CCc3ccccn3)n2)c([N+](=O)[O-])c1. The fraction of sp³-hybridized carbons (Fsp3) is 0.300. The lowest BCUT2D eigenvalue weighted by Gasteiger charge is -2.18. The maximum Gasteiger partial charge on any atom is 0.294 e. The van der Waals surface area contributed by atoms with E-state index >= 15 is 0 Å². The van der Waals surface area contributed by atoms with Crippen molar-refractivity contribution in [3.63, 3.8) is 0 Å². The zero-order valence-corrected chi connectivity index (χ0v) is 18.1. The van der Waals surface area contributed by atoms with Crippen molar-refractivity contribution in [3.05, 3.63) is 70.7 Å². The van der Waals surface area contributed by atoms with Gasteiger partial charge in [-0.25, -0.2) is 8.42 Å². The van der Waals surface area contributed by atoms with Crippen LogP contribution in [0.4, 0.5) is 17.2 Å². The smallest absolute Gasteiger partial charge is 0.294 e. The van der Waals surface area contributed by atoms with Crippen molar-refractivity contribution in [1.29, 1.82) is 0 Å². The van der Waals surface area contributed by atoms with Crippen LogP contribution in [0.15, 0.2) is 59.8 Å². The minimum atomic E-state index is -3.80. The maximum atomic E-state index is 12.7. The molecular weight excluding hydrogens is 420 g/mol. The molecule has 2 aromatic heterocycles. The summed E-state index contributed by atoms with van der Waals surface area (Å²) in [5, 5.41) is 18.9. The van der Waals surface area contributed by atoms with E-state index in [4.69, 9.17) is 0 Å². The van der Waals surface area contributed by atoms with Gasteiger partial charge in [0.25, 0.3) is 5.69 Å². The van der Waals surface area contributed by atoms with E-state index in [0.29, 0.717) is 18.8 Å². The number of rotatable bonds is 10. The number of sulfonamides is 1. The number of anilines is 2. The fourth-order valence-corrected chi connectivity index (χ4v) is 4.59. The topological polar surface area (TPSA) is 123 Å². The monoisotopic (exact) mass is 444 g/mol. The van der Waals surface area contributed by atoms with Crippen LogP contribution in [0.25, 0.3) is 0 Å². The number of hydrogen-bond acceptors (Lipinski definition) is 7. The van der Waals surface area contributed by atoms with Crippen LogP contribution >= 0.6 is 0 Å². The van der Waals surface area contributed by atoms with Gasteiger partial charge >= 0.3 is 0 Å². The van der Waals surface area contributed by atoms with E-state index in [-0.39, 0.29) is 29.4 Å². The molecule has 0 aliphatic heterocycles. The third-order valence-electron chi connectivity index (χ3n) is 4.74. The summed E-state index contributed by atoms with van der Waals surface area (Å²) in [6.45, 7) is 4.60. The zero-order valence-electron chi connectivity index (χ0n) is 17.3. The number of aromatic nitrogens is 3. The van der Waals surface area contributed by atoms with Crippen LogP contribution < -0.4 is 5.32 Å². The first-order chi connectivity index (χ1) is 14.8. The Labute approximate surface area is 180 Å². The molecule has 0 bridgehead atoms. The van der Waals surface area contributed by atoms with Gasteiger partial charge in [-0.2, -0.15) is 9.40 Å². The van der Waals surface area contributed by atoms with Gasteiger partial charge in [-0.3, -0.25) is 19.8 Å². The van der Waals surface area contributed by atoms with Crippen molar-refractivity contribution in [2.45, 2.75) is 31.7 Å². The summed E-state index contributed by atoms with van der Waals surface area (Å²) in [5.74, 6) is 0.420. The Morgan fingerprint density at radius 2 is 1.94 bits per heavy atom. The predicted octanol–water partition coefficient (Wildman–Crippen LogP) is 3.20. The zero-order chi connectivity index (χ0) is 22.4. The second-order valence-electron chi connectivity index (χ2n) is 6.69. The van der Waals surface area contributed by atoms with E-state index in [9.17, 15) is 18.5 Å². The molecule has 0 radical (unpaired) electrons. The van der Waals surface area contributed by atoms with Gasteiger partial charge in [0.15, 0.2) is 5.82 Å². The largest absolute Gasteiger partial charge is 0.333 e. The predicted molar refractivity (Wildman–Crippen MR) is 117 cm³/mol. The average Bonchev–Trinajstić information content (AvgIpc) is 3.21. The molecule has 1 aromatic carbocycles. The quantitative estimate of drug-likeness (QED) is 0.376. The molecule has 31 heavy (non-hydrogen) atoms. The third kappa shape index (κ3) is 5.25. The summed E-state index contributed by atoms with van der Waals surface area (Å²) < 4.78 is 28.3. The molecule has 10 nitrogen and oxygen atoms in total. The lowest BCUT2D eigenvalue weighted by molar-refractivity contribution is -0.384. The summed E-state index contributed by atoms with van der Waals surface area (Å²) in [6, 6.07) is 11.2. The van der Waals surface area contributed by atoms with Crippen molar-refractivity contribution < 1.29 is 13.3 Å². The molecule has 0 aliphatic carbocycles. The number of nitrogens with zero attached hydrogens (tertiary/aromatic N) is 5. The molecule has 0 atom stereocenters.